The Hall–Kier alpha value is -1.68. The smallest absolute Gasteiger partial charge is 0.0948 e. The fourth-order valence-corrected chi connectivity index (χ4v) is 2.74. The average molecular weight is 256 g/mol. The Labute approximate surface area is 113 Å². The highest BCUT2D eigenvalue weighted by Crippen LogP contribution is 2.22. The number of nitrogens with zero attached hydrogens (tertiary/aromatic N) is 3. The van der Waals surface area contributed by atoms with Gasteiger partial charge in [-0.15, -0.1) is 0 Å². The van der Waals surface area contributed by atoms with Gasteiger partial charge in [0, 0.05) is 49.2 Å². The third-order valence-electron chi connectivity index (χ3n) is 3.79. The first-order valence-electron chi connectivity index (χ1n) is 7.04. The Kier molecular flexibility index (Phi) is 3.89. The van der Waals surface area contributed by atoms with Gasteiger partial charge in [0.1, 0.15) is 0 Å². The Bertz CT molecular complexity index is 500. The number of imidazole rings is 1. The van der Waals surface area contributed by atoms with Crippen LogP contribution >= 0.6 is 0 Å². The monoisotopic (exact) mass is 256 g/mol. The highest BCUT2D eigenvalue weighted by atomic mass is 15.1. The molecule has 1 saturated heterocycles. The molecule has 4 heteroatoms. The van der Waals surface area contributed by atoms with Crippen LogP contribution in [0.3, 0.4) is 0 Å². The van der Waals surface area contributed by atoms with Crippen LogP contribution in [0.4, 0.5) is 0 Å². The van der Waals surface area contributed by atoms with Crippen LogP contribution in [0.5, 0.6) is 0 Å². The van der Waals surface area contributed by atoms with Gasteiger partial charge in [-0.3, -0.25) is 4.98 Å². The van der Waals surface area contributed by atoms with Gasteiger partial charge in [-0.25, -0.2) is 4.98 Å². The maximum atomic E-state index is 4.37. The second kappa shape index (κ2) is 5.97. The second-order valence-corrected chi connectivity index (χ2v) is 5.13. The molecule has 0 saturated carbocycles. The minimum absolute atomic E-state index is 0.611. The molecule has 0 aliphatic carbocycles. The molecule has 4 nitrogen and oxygen atoms in total. The van der Waals surface area contributed by atoms with Crippen LogP contribution in [-0.2, 0) is 13.0 Å². The summed E-state index contributed by atoms with van der Waals surface area (Å²) in [4.78, 5) is 8.70. The number of piperidine rings is 1. The van der Waals surface area contributed by atoms with Crippen LogP contribution in [-0.4, -0.2) is 27.6 Å². The van der Waals surface area contributed by atoms with E-state index >= 15 is 0 Å². The third kappa shape index (κ3) is 3.01. The fraction of sp³-hybridized carbons (Fsp3) is 0.467. The number of aromatic nitrogens is 3. The number of hydrogen-bond acceptors (Lipinski definition) is 3. The van der Waals surface area contributed by atoms with Gasteiger partial charge in [-0.1, -0.05) is 6.07 Å². The molecule has 1 aliphatic heterocycles. The maximum Gasteiger partial charge on any atom is 0.0948 e. The Balaban J connectivity index is 1.66. The minimum atomic E-state index is 0.611. The summed E-state index contributed by atoms with van der Waals surface area (Å²) in [5, 5.41) is 3.47. The van der Waals surface area contributed by atoms with Crippen LogP contribution < -0.4 is 5.32 Å². The molecule has 1 aliphatic rings. The fourth-order valence-electron chi connectivity index (χ4n) is 2.74. The topological polar surface area (TPSA) is 42.7 Å². The van der Waals surface area contributed by atoms with Crippen LogP contribution in [0.15, 0.2) is 36.9 Å². The van der Waals surface area contributed by atoms with Crippen molar-refractivity contribution in [2.75, 3.05) is 13.1 Å². The molecule has 2 aromatic rings. The molecule has 100 valence electrons. The number of pyridine rings is 1. The molecular formula is C15H20N4. The quantitative estimate of drug-likeness (QED) is 0.909. The Morgan fingerprint density at radius 2 is 2.37 bits per heavy atom. The van der Waals surface area contributed by atoms with Crippen molar-refractivity contribution in [2.24, 2.45) is 0 Å². The summed E-state index contributed by atoms with van der Waals surface area (Å²) in [6, 6.07) is 6.08. The maximum absolute atomic E-state index is 4.37. The lowest BCUT2D eigenvalue weighted by Gasteiger charge is -2.23. The van der Waals surface area contributed by atoms with Crippen LogP contribution in [0.1, 0.15) is 30.1 Å². The lowest BCUT2D eigenvalue weighted by molar-refractivity contribution is 0.440. The van der Waals surface area contributed by atoms with Gasteiger partial charge in [0.05, 0.1) is 6.33 Å². The summed E-state index contributed by atoms with van der Waals surface area (Å²) in [6.45, 7) is 3.19. The molecule has 0 bridgehead atoms. The molecule has 3 rings (SSSR count). The van der Waals surface area contributed by atoms with E-state index in [-0.39, 0.29) is 0 Å². The summed E-state index contributed by atoms with van der Waals surface area (Å²) in [6.07, 6.45) is 9.32. The van der Waals surface area contributed by atoms with Gasteiger partial charge in [0.2, 0.25) is 0 Å². The van der Waals surface area contributed by atoms with E-state index in [0.717, 1.165) is 31.7 Å². The third-order valence-corrected chi connectivity index (χ3v) is 3.79. The summed E-state index contributed by atoms with van der Waals surface area (Å²) < 4.78 is 2.28. The second-order valence-electron chi connectivity index (χ2n) is 5.13. The molecule has 19 heavy (non-hydrogen) atoms. The zero-order valence-electron chi connectivity index (χ0n) is 11.1. The lowest BCUT2D eigenvalue weighted by Crippen LogP contribution is -2.29. The van der Waals surface area contributed by atoms with Crippen molar-refractivity contribution in [3.63, 3.8) is 0 Å². The van der Waals surface area contributed by atoms with E-state index in [0.29, 0.717) is 5.92 Å². The van der Waals surface area contributed by atoms with E-state index in [4.69, 9.17) is 0 Å². The zero-order valence-corrected chi connectivity index (χ0v) is 11.1. The van der Waals surface area contributed by atoms with E-state index in [1.165, 1.54) is 18.5 Å². The Morgan fingerprint density at radius 1 is 1.37 bits per heavy atom. The molecule has 0 radical (unpaired) electrons. The first-order valence-corrected chi connectivity index (χ1v) is 7.04. The van der Waals surface area contributed by atoms with Gasteiger partial charge >= 0.3 is 0 Å². The standard InChI is InChI=1S/C15H20N4/c1-2-8-18-14(5-1)6-9-19-12-17-11-15(19)13-4-3-7-16-10-13/h1-2,5,8,11-13,16H,3-4,6-7,9-10H2. The molecule has 2 aromatic heterocycles. The number of rotatable bonds is 4. The van der Waals surface area contributed by atoms with Gasteiger partial charge in [0.15, 0.2) is 0 Å². The largest absolute Gasteiger partial charge is 0.334 e. The van der Waals surface area contributed by atoms with Crippen LogP contribution in [0.2, 0.25) is 0 Å². The Morgan fingerprint density at radius 3 is 3.16 bits per heavy atom. The van der Waals surface area contributed by atoms with Gasteiger partial charge in [-0.05, 0) is 31.5 Å². The predicted octanol–water partition coefficient (Wildman–Crippen LogP) is 1.99. The van der Waals surface area contributed by atoms with E-state index in [9.17, 15) is 0 Å². The summed E-state index contributed by atoms with van der Waals surface area (Å²) in [5.74, 6) is 0.611. The molecular weight excluding hydrogens is 236 g/mol. The lowest BCUT2D eigenvalue weighted by atomic mass is 9.96. The first-order chi connectivity index (χ1) is 9.43. The van der Waals surface area contributed by atoms with E-state index in [1.807, 2.05) is 30.9 Å². The van der Waals surface area contributed by atoms with Crippen molar-refractivity contribution in [2.45, 2.75) is 31.7 Å². The predicted molar refractivity (Wildman–Crippen MR) is 75.0 cm³/mol. The number of aryl methyl sites for hydroxylation is 2. The van der Waals surface area contributed by atoms with Crippen molar-refractivity contribution >= 4 is 0 Å². The van der Waals surface area contributed by atoms with E-state index in [2.05, 4.69) is 25.9 Å². The molecule has 1 atom stereocenters. The van der Waals surface area contributed by atoms with Crippen molar-refractivity contribution in [1.82, 2.24) is 19.9 Å². The first kappa shape index (κ1) is 12.4. The van der Waals surface area contributed by atoms with E-state index < -0.39 is 0 Å². The van der Waals surface area contributed by atoms with Gasteiger partial charge in [-0.2, -0.15) is 0 Å². The average Bonchev–Trinajstić information content (AvgIpc) is 2.95. The molecule has 1 unspecified atom stereocenters. The molecule has 0 aromatic carbocycles. The minimum Gasteiger partial charge on any atom is -0.334 e. The molecule has 1 fully saturated rings. The highest BCUT2D eigenvalue weighted by Gasteiger charge is 2.18. The summed E-state index contributed by atoms with van der Waals surface area (Å²) >= 11 is 0. The zero-order chi connectivity index (χ0) is 12.9. The summed E-state index contributed by atoms with van der Waals surface area (Å²) in [7, 11) is 0. The normalized spacial score (nSPS) is 19.5. The molecule has 0 amide bonds. The van der Waals surface area contributed by atoms with Crippen molar-refractivity contribution in [3.05, 3.63) is 48.3 Å². The van der Waals surface area contributed by atoms with Crippen LogP contribution in [0, 0.1) is 0 Å². The van der Waals surface area contributed by atoms with Crippen LogP contribution in [0.25, 0.3) is 0 Å². The number of hydrogen-bond donors (Lipinski definition) is 1. The number of nitrogens with one attached hydrogen (secondary N) is 1. The van der Waals surface area contributed by atoms with Crippen molar-refractivity contribution in [3.8, 4) is 0 Å². The van der Waals surface area contributed by atoms with Crippen molar-refractivity contribution in [1.29, 1.82) is 0 Å². The summed E-state index contributed by atoms with van der Waals surface area (Å²) in [5.41, 5.74) is 2.51. The van der Waals surface area contributed by atoms with E-state index in [1.54, 1.807) is 0 Å². The molecule has 0 spiro atoms. The van der Waals surface area contributed by atoms with Gasteiger partial charge in [0.25, 0.3) is 0 Å². The van der Waals surface area contributed by atoms with Crippen molar-refractivity contribution < 1.29 is 0 Å². The SMILES string of the molecule is c1ccc(CCn2cncc2C2CCCNC2)nc1. The molecule has 3 heterocycles. The highest BCUT2D eigenvalue weighted by molar-refractivity contribution is 5.09. The van der Waals surface area contributed by atoms with Gasteiger partial charge < -0.3 is 9.88 Å². The molecule has 1 N–H and O–H groups in total.